The van der Waals surface area contributed by atoms with Gasteiger partial charge in [-0.2, -0.15) is 13.2 Å². The van der Waals surface area contributed by atoms with Crippen molar-refractivity contribution in [3.05, 3.63) is 35.9 Å². The lowest BCUT2D eigenvalue weighted by Crippen LogP contribution is -2.28. The maximum Gasteiger partial charge on any atom is 0.390 e. The maximum absolute atomic E-state index is 12.6. The number of rotatable bonds is 9. The summed E-state index contributed by atoms with van der Waals surface area (Å²) in [7, 11) is 0. The van der Waals surface area contributed by atoms with Gasteiger partial charge in [0.1, 0.15) is 0 Å². The Hall–Kier alpha value is -1.07. The Balaban J connectivity index is 2.43. The molecule has 1 N–H and O–H groups in total. The molecule has 0 bridgehead atoms. The second-order valence-corrected chi connectivity index (χ2v) is 4.70. The minimum absolute atomic E-state index is 0.513. The molecule has 0 saturated carbocycles. The van der Waals surface area contributed by atoms with Gasteiger partial charge in [0, 0.05) is 19.3 Å². The highest BCUT2D eigenvalue weighted by atomic mass is 19.4. The third-order valence-electron chi connectivity index (χ3n) is 2.84. The van der Waals surface area contributed by atoms with E-state index in [1.807, 2.05) is 6.92 Å². The van der Waals surface area contributed by atoms with Crippen LogP contribution < -0.4 is 5.32 Å². The normalized spacial score (nSPS) is 13.4. The van der Waals surface area contributed by atoms with Crippen LogP contribution in [-0.4, -0.2) is 25.9 Å². The first-order chi connectivity index (χ1) is 9.53. The van der Waals surface area contributed by atoms with Gasteiger partial charge in [-0.15, -0.1) is 0 Å². The number of hydrogen-bond acceptors (Lipinski definition) is 2. The molecule has 1 rings (SSSR count). The fraction of sp³-hybridized carbons (Fsp3) is 0.600. The van der Waals surface area contributed by atoms with Crippen molar-refractivity contribution in [2.45, 2.75) is 38.4 Å². The van der Waals surface area contributed by atoms with Gasteiger partial charge in [-0.1, -0.05) is 37.3 Å². The lowest BCUT2D eigenvalue weighted by molar-refractivity contribution is -0.140. The van der Waals surface area contributed by atoms with E-state index in [1.165, 1.54) is 0 Å². The van der Waals surface area contributed by atoms with Crippen molar-refractivity contribution in [3.8, 4) is 0 Å². The minimum Gasteiger partial charge on any atom is -0.381 e. The van der Waals surface area contributed by atoms with Crippen LogP contribution in [0.25, 0.3) is 0 Å². The Kier molecular flexibility index (Phi) is 7.62. The number of nitrogens with one attached hydrogen (secondary N) is 1. The molecule has 0 aliphatic heterocycles. The van der Waals surface area contributed by atoms with Crippen molar-refractivity contribution in [3.63, 3.8) is 0 Å². The summed E-state index contributed by atoms with van der Waals surface area (Å²) in [5, 5.41) is 2.97. The third-order valence-corrected chi connectivity index (χ3v) is 2.84. The zero-order valence-corrected chi connectivity index (χ0v) is 11.7. The summed E-state index contributed by atoms with van der Waals surface area (Å²) in [6, 6.07) is 8.05. The Morgan fingerprint density at radius 1 is 1.15 bits per heavy atom. The predicted octanol–water partition coefficient (Wildman–Crippen LogP) is 4.09. The molecule has 0 aliphatic carbocycles. The van der Waals surface area contributed by atoms with Gasteiger partial charge in [0.15, 0.2) is 0 Å². The predicted molar refractivity (Wildman–Crippen MR) is 73.6 cm³/mol. The highest BCUT2D eigenvalue weighted by Crippen LogP contribution is 2.29. The van der Waals surface area contributed by atoms with Crippen molar-refractivity contribution < 1.29 is 17.9 Å². The SMILES string of the molecule is CCCOCCCNC(CC(F)(F)F)c1ccccc1. The fourth-order valence-corrected chi connectivity index (χ4v) is 1.92. The van der Waals surface area contributed by atoms with Gasteiger partial charge in [0.05, 0.1) is 6.42 Å². The van der Waals surface area contributed by atoms with Crippen molar-refractivity contribution in [2.75, 3.05) is 19.8 Å². The largest absolute Gasteiger partial charge is 0.390 e. The van der Waals surface area contributed by atoms with E-state index < -0.39 is 18.6 Å². The summed E-state index contributed by atoms with van der Waals surface area (Å²) in [6.45, 7) is 3.81. The number of hydrogen-bond donors (Lipinski definition) is 1. The first kappa shape index (κ1) is 17.0. The van der Waals surface area contributed by atoms with Gasteiger partial charge in [-0.25, -0.2) is 0 Å². The fourth-order valence-electron chi connectivity index (χ4n) is 1.92. The van der Waals surface area contributed by atoms with Gasteiger partial charge in [0.2, 0.25) is 0 Å². The zero-order valence-electron chi connectivity index (χ0n) is 11.7. The molecule has 5 heteroatoms. The van der Waals surface area contributed by atoms with E-state index in [1.54, 1.807) is 30.3 Å². The van der Waals surface area contributed by atoms with Gasteiger partial charge >= 0.3 is 6.18 Å². The summed E-state index contributed by atoms with van der Waals surface area (Å²) in [6.07, 6.45) is -3.37. The van der Waals surface area contributed by atoms with Crippen LogP contribution in [-0.2, 0) is 4.74 Å². The standard InChI is InChI=1S/C15H22F3NO/c1-2-10-20-11-6-9-19-14(12-15(16,17)18)13-7-4-3-5-8-13/h3-5,7-8,14,19H,2,6,9-12H2,1H3. The van der Waals surface area contributed by atoms with Crippen LogP contribution in [0.5, 0.6) is 0 Å². The van der Waals surface area contributed by atoms with Crippen molar-refractivity contribution in [2.24, 2.45) is 0 Å². The van der Waals surface area contributed by atoms with E-state index in [4.69, 9.17) is 4.74 Å². The lowest BCUT2D eigenvalue weighted by atomic mass is 10.0. The molecule has 1 aromatic rings. The second-order valence-electron chi connectivity index (χ2n) is 4.70. The van der Waals surface area contributed by atoms with Crippen LogP contribution in [0.3, 0.4) is 0 Å². The van der Waals surface area contributed by atoms with E-state index in [0.717, 1.165) is 6.42 Å². The highest BCUT2D eigenvalue weighted by Gasteiger charge is 2.32. The molecule has 0 spiro atoms. The minimum atomic E-state index is -4.17. The van der Waals surface area contributed by atoms with Crippen LogP contribution in [0.15, 0.2) is 30.3 Å². The molecule has 0 aromatic heterocycles. The van der Waals surface area contributed by atoms with Crippen LogP contribution in [0.4, 0.5) is 13.2 Å². The average Bonchev–Trinajstić information content (AvgIpc) is 2.41. The summed E-state index contributed by atoms with van der Waals surface area (Å²) >= 11 is 0. The van der Waals surface area contributed by atoms with E-state index >= 15 is 0 Å². The number of ether oxygens (including phenoxy) is 1. The van der Waals surface area contributed by atoms with Gasteiger partial charge in [0.25, 0.3) is 0 Å². The summed E-state index contributed by atoms with van der Waals surface area (Å²) in [5.41, 5.74) is 0.666. The first-order valence-corrected chi connectivity index (χ1v) is 6.95. The Labute approximate surface area is 118 Å². The van der Waals surface area contributed by atoms with Crippen molar-refractivity contribution in [1.29, 1.82) is 0 Å². The molecule has 0 heterocycles. The highest BCUT2D eigenvalue weighted by molar-refractivity contribution is 5.19. The molecule has 1 unspecified atom stereocenters. The molecule has 0 amide bonds. The lowest BCUT2D eigenvalue weighted by Gasteiger charge is -2.20. The van der Waals surface area contributed by atoms with Crippen LogP contribution in [0.1, 0.15) is 37.8 Å². The maximum atomic E-state index is 12.6. The molecule has 0 aliphatic rings. The van der Waals surface area contributed by atoms with E-state index in [2.05, 4.69) is 5.32 Å². The molecule has 1 aromatic carbocycles. The van der Waals surface area contributed by atoms with Gasteiger partial charge in [-0.05, 0) is 24.9 Å². The molecule has 114 valence electrons. The molecular formula is C15H22F3NO. The summed E-state index contributed by atoms with van der Waals surface area (Å²) in [4.78, 5) is 0. The summed E-state index contributed by atoms with van der Waals surface area (Å²) < 4.78 is 43.1. The van der Waals surface area contributed by atoms with Gasteiger partial charge in [-0.3, -0.25) is 0 Å². The van der Waals surface area contributed by atoms with E-state index in [9.17, 15) is 13.2 Å². The number of halogens is 3. The topological polar surface area (TPSA) is 21.3 Å². The second kappa shape index (κ2) is 8.97. The summed E-state index contributed by atoms with van der Waals surface area (Å²) in [5.74, 6) is 0. The Bertz CT molecular complexity index is 354. The zero-order chi connectivity index (χ0) is 14.8. The molecule has 1 atom stereocenters. The quantitative estimate of drug-likeness (QED) is 0.691. The van der Waals surface area contributed by atoms with E-state index in [0.29, 0.717) is 31.7 Å². The molecule has 0 fully saturated rings. The molecule has 0 saturated heterocycles. The van der Waals surface area contributed by atoms with Crippen molar-refractivity contribution >= 4 is 0 Å². The van der Waals surface area contributed by atoms with Crippen LogP contribution in [0, 0.1) is 0 Å². The Morgan fingerprint density at radius 3 is 2.45 bits per heavy atom. The number of alkyl halides is 3. The third kappa shape index (κ3) is 7.50. The molecular weight excluding hydrogens is 267 g/mol. The molecule has 2 nitrogen and oxygen atoms in total. The van der Waals surface area contributed by atoms with Gasteiger partial charge < -0.3 is 10.1 Å². The Morgan fingerprint density at radius 2 is 1.85 bits per heavy atom. The molecule has 20 heavy (non-hydrogen) atoms. The van der Waals surface area contributed by atoms with E-state index in [-0.39, 0.29) is 0 Å². The van der Waals surface area contributed by atoms with Crippen LogP contribution >= 0.6 is 0 Å². The molecule has 0 radical (unpaired) electrons. The van der Waals surface area contributed by atoms with Crippen molar-refractivity contribution in [1.82, 2.24) is 5.32 Å². The number of benzene rings is 1. The smallest absolute Gasteiger partial charge is 0.381 e. The average molecular weight is 289 g/mol. The first-order valence-electron chi connectivity index (χ1n) is 6.95. The van der Waals surface area contributed by atoms with Crippen LogP contribution in [0.2, 0.25) is 0 Å². The monoisotopic (exact) mass is 289 g/mol.